The van der Waals surface area contributed by atoms with E-state index in [2.05, 4.69) is 5.32 Å². The van der Waals surface area contributed by atoms with Crippen LogP contribution in [0.4, 0.5) is 11.6 Å². The van der Waals surface area contributed by atoms with Crippen LogP contribution in [0.2, 0.25) is 0 Å². The third-order valence-corrected chi connectivity index (χ3v) is 5.78. The molecule has 5 rings (SSSR count). The van der Waals surface area contributed by atoms with Gasteiger partial charge in [-0.1, -0.05) is 12.1 Å². The number of allylic oxidation sites excluding steroid dienone is 1. The van der Waals surface area contributed by atoms with Crippen molar-refractivity contribution >= 4 is 28.6 Å². The lowest BCUT2D eigenvalue weighted by atomic mass is 9.93. The third kappa shape index (κ3) is 3.23. The normalized spacial score (nSPS) is 18.6. The van der Waals surface area contributed by atoms with E-state index in [1.807, 2.05) is 35.8 Å². The number of non-ortho nitro benzene ring substituents is 1. The molecule has 0 spiro atoms. The predicted octanol–water partition coefficient (Wildman–Crippen LogP) is 3.09. The van der Waals surface area contributed by atoms with Crippen molar-refractivity contribution < 1.29 is 14.5 Å². The molecule has 2 aliphatic rings. The van der Waals surface area contributed by atoms with E-state index >= 15 is 0 Å². The topological polar surface area (TPSA) is 103 Å². The number of imidazole rings is 1. The van der Waals surface area contributed by atoms with Crippen molar-refractivity contribution in [3.8, 4) is 0 Å². The van der Waals surface area contributed by atoms with Crippen LogP contribution in [0.25, 0.3) is 11.0 Å². The number of nitrogens with one attached hydrogen (secondary N) is 1. The van der Waals surface area contributed by atoms with Gasteiger partial charge in [0.2, 0.25) is 5.95 Å². The zero-order chi connectivity index (χ0) is 21.5. The van der Waals surface area contributed by atoms with Crippen molar-refractivity contribution in [3.05, 3.63) is 75.5 Å². The lowest BCUT2D eigenvalue weighted by Gasteiger charge is -2.35. The van der Waals surface area contributed by atoms with Gasteiger partial charge >= 0.3 is 0 Å². The molecule has 3 aromatic rings. The average Bonchev–Trinajstić information content (AvgIpc) is 3.16. The van der Waals surface area contributed by atoms with Gasteiger partial charge in [-0.2, -0.15) is 0 Å². The van der Waals surface area contributed by atoms with Gasteiger partial charge in [0.25, 0.3) is 11.6 Å². The number of hydrogen-bond donors (Lipinski definition) is 1. The van der Waals surface area contributed by atoms with E-state index in [4.69, 9.17) is 9.72 Å². The molecule has 3 heterocycles. The largest absolute Gasteiger partial charge is 0.378 e. The number of para-hydroxylation sites is 2. The lowest BCUT2D eigenvalue weighted by molar-refractivity contribution is -0.384. The molecule has 1 saturated heterocycles. The van der Waals surface area contributed by atoms with Gasteiger partial charge in [-0.05, 0) is 36.8 Å². The smallest absolute Gasteiger partial charge is 0.269 e. The summed E-state index contributed by atoms with van der Waals surface area (Å²) in [5.41, 5.74) is 3.81. The van der Waals surface area contributed by atoms with E-state index in [-0.39, 0.29) is 11.6 Å². The number of morpholine rings is 1. The number of fused-ring (bicyclic) bond motifs is 3. The van der Waals surface area contributed by atoms with Gasteiger partial charge in [-0.25, -0.2) is 4.98 Å². The van der Waals surface area contributed by atoms with E-state index in [0.29, 0.717) is 37.8 Å². The summed E-state index contributed by atoms with van der Waals surface area (Å²) in [4.78, 5) is 30.8. The minimum atomic E-state index is -0.459. The summed E-state index contributed by atoms with van der Waals surface area (Å²) < 4.78 is 7.41. The molecule has 31 heavy (non-hydrogen) atoms. The fourth-order valence-corrected chi connectivity index (χ4v) is 4.27. The maximum Gasteiger partial charge on any atom is 0.269 e. The van der Waals surface area contributed by atoms with Crippen LogP contribution in [0.1, 0.15) is 18.5 Å². The second-order valence-electron chi connectivity index (χ2n) is 7.61. The van der Waals surface area contributed by atoms with Crippen LogP contribution in [0, 0.1) is 10.1 Å². The van der Waals surface area contributed by atoms with Gasteiger partial charge in [-0.3, -0.25) is 19.5 Å². The van der Waals surface area contributed by atoms with E-state index in [1.54, 1.807) is 17.0 Å². The average molecular weight is 419 g/mol. The number of benzene rings is 2. The minimum absolute atomic E-state index is 0.00940. The Morgan fingerprint density at radius 2 is 1.87 bits per heavy atom. The van der Waals surface area contributed by atoms with Crippen LogP contribution in [-0.4, -0.2) is 51.6 Å². The SMILES string of the molecule is CC1=C(C(=O)N2CCOCC2)[C@@H](c2ccc([N+](=O)[O-])cc2)n2c(nc3ccccc32)N1. The van der Waals surface area contributed by atoms with Crippen LogP contribution in [-0.2, 0) is 9.53 Å². The highest BCUT2D eigenvalue weighted by Gasteiger charge is 2.36. The van der Waals surface area contributed by atoms with Gasteiger partial charge in [0.1, 0.15) is 0 Å². The number of carbonyl (C=O) groups excluding carboxylic acids is 1. The first-order valence-electron chi connectivity index (χ1n) is 10.1. The van der Waals surface area contributed by atoms with Crippen molar-refractivity contribution in [2.75, 3.05) is 31.6 Å². The second-order valence-corrected chi connectivity index (χ2v) is 7.61. The first kappa shape index (κ1) is 19.3. The number of anilines is 1. The van der Waals surface area contributed by atoms with Crippen molar-refractivity contribution in [3.63, 3.8) is 0 Å². The standard InChI is InChI=1S/C22H21N5O4/c1-14-19(21(28)25-10-12-31-13-11-25)20(15-6-8-16(9-7-15)27(29)30)26-18-5-3-2-4-17(18)24-22(26)23-14/h2-9,20H,10-13H2,1H3,(H,23,24)/t20-/m1/s1. The van der Waals surface area contributed by atoms with Crippen LogP contribution >= 0.6 is 0 Å². The fraction of sp³-hybridized carbons (Fsp3) is 0.273. The number of hydrogen-bond acceptors (Lipinski definition) is 6. The molecular weight excluding hydrogens is 398 g/mol. The number of aromatic nitrogens is 2. The molecule has 0 aliphatic carbocycles. The zero-order valence-electron chi connectivity index (χ0n) is 16.9. The first-order chi connectivity index (χ1) is 15.0. The molecular formula is C22H21N5O4. The third-order valence-electron chi connectivity index (χ3n) is 5.78. The second kappa shape index (κ2) is 7.51. The van der Waals surface area contributed by atoms with E-state index in [0.717, 1.165) is 22.3 Å². The molecule has 2 aromatic carbocycles. The number of rotatable bonds is 3. The Balaban J connectivity index is 1.68. The summed E-state index contributed by atoms with van der Waals surface area (Å²) in [6.07, 6.45) is 0. The summed E-state index contributed by atoms with van der Waals surface area (Å²) in [7, 11) is 0. The molecule has 0 radical (unpaired) electrons. The summed E-state index contributed by atoms with van der Waals surface area (Å²) in [6, 6.07) is 13.7. The molecule has 1 N–H and O–H groups in total. The maximum absolute atomic E-state index is 13.6. The molecule has 1 aromatic heterocycles. The van der Waals surface area contributed by atoms with Crippen LogP contribution < -0.4 is 5.32 Å². The Hall–Kier alpha value is -3.72. The molecule has 0 unspecified atom stereocenters. The molecule has 0 saturated carbocycles. The highest BCUT2D eigenvalue weighted by atomic mass is 16.6. The van der Waals surface area contributed by atoms with Crippen molar-refractivity contribution in [1.29, 1.82) is 0 Å². The van der Waals surface area contributed by atoms with E-state index in [1.165, 1.54) is 12.1 Å². The number of amides is 1. The van der Waals surface area contributed by atoms with Crippen LogP contribution in [0.5, 0.6) is 0 Å². The summed E-state index contributed by atoms with van der Waals surface area (Å²) in [5.74, 6) is 0.570. The molecule has 1 amide bonds. The van der Waals surface area contributed by atoms with Gasteiger partial charge in [0.05, 0.1) is 40.8 Å². The van der Waals surface area contributed by atoms with Gasteiger partial charge in [0, 0.05) is 30.9 Å². The number of nitro benzene ring substituents is 1. The number of carbonyl (C=O) groups is 1. The Labute approximate surface area is 178 Å². The molecule has 9 heteroatoms. The van der Waals surface area contributed by atoms with Gasteiger partial charge in [-0.15, -0.1) is 0 Å². The Morgan fingerprint density at radius 3 is 2.58 bits per heavy atom. The van der Waals surface area contributed by atoms with Crippen LogP contribution in [0.15, 0.2) is 59.8 Å². The van der Waals surface area contributed by atoms with Gasteiger partial charge < -0.3 is 15.0 Å². The lowest BCUT2D eigenvalue weighted by Crippen LogP contribution is -2.44. The van der Waals surface area contributed by atoms with Gasteiger partial charge in [0.15, 0.2) is 0 Å². The number of nitro groups is 1. The fourth-order valence-electron chi connectivity index (χ4n) is 4.27. The van der Waals surface area contributed by atoms with Crippen LogP contribution in [0.3, 0.4) is 0 Å². The highest BCUT2D eigenvalue weighted by Crippen LogP contribution is 2.40. The molecule has 1 fully saturated rings. The Morgan fingerprint density at radius 1 is 1.16 bits per heavy atom. The molecule has 9 nitrogen and oxygen atoms in total. The maximum atomic E-state index is 13.6. The molecule has 1 atom stereocenters. The predicted molar refractivity (Wildman–Crippen MR) is 115 cm³/mol. The van der Waals surface area contributed by atoms with E-state index < -0.39 is 11.0 Å². The number of nitrogens with zero attached hydrogens (tertiary/aromatic N) is 4. The minimum Gasteiger partial charge on any atom is -0.378 e. The van der Waals surface area contributed by atoms with E-state index in [9.17, 15) is 14.9 Å². The quantitative estimate of drug-likeness (QED) is 0.517. The number of ether oxygens (including phenoxy) is 1. The summed E-state index contributed by atoms with van der Waals surface area (Å²) in [5, 5.41) is 14.4. The van der Waals surface area contributed by atoms with Crippen molar-refractivity contribution in [2.24, 2.45) is 0 Å². The Bertz CT molecular complexity index is 1210. The van der Waals surface area contributed by atoms with Crippen molar-refractivity contribution in [2.45, 2.75) is 13.0 Å². The molecule has 158 valence electrons. The zero-order valence-corrected chi connectivity index (χ0v) is 16.9. The van der Waals surface area contributed by atoms with Crippen molar-refractivity contribution in [1.82, 2.24) is 14.5 Å². The first-order valence-corrected chi connectivity index (χ1v) is 10.1. The Kier molecular flexibility index (Phi) is 4.67. The highest BCUT2D eigenvalue weighted by molar-refractivity contribution is 5.98. The summed E-state index contributed by atoms with van der Waals surface area (Å²) >= 11 is 0. The monoisotopic (exact) mass is 419 g/mol. The molecule has 2 aliphatic heterocycles. The molecule has 0 bridgehead atoms. The summed E-state index contributed by atoms with van der Waals surface area (Å²) in [6.45, 7) is 3.94.